The van der Waals surface area contributed by atoms with Crippen molar-refractivity contribution in [1.29, 1.82) is 0 Å². The van der Waals surface area contributed by atoms with E-state index in [2.05, 4.69) is 31.3 Å². The zero-order valence-electron chi connectivity index (χ0n) is 11.3. The SMILES string of the molecule is Cc1cc(N2CCCC(c3nccs3)C2)nc(C)n1. The largest absolute Gasteiger partial charge is 0.356 e. The van der Waals surface area contributed by atoms with Gasteiger partial charge in [-0.3, -0.25) is 0 Å². The van der Waals surface area contributed by atoms with Crippen molar-refractivity contribution in [3.8, 4) is 0 Å². The lowest BCUT2D eigenvalue weighted by molar-refractivity contribution is 0.505. The van der Waals surface area contributed by atoms with Crippen LogP contribution in [0.2, 0.25) is 0 Å². The second-order valence-electron chi connectivity index (χ2n) is 5.07. The molecule has 0 saturated carbocycles. The summed E-state index contributed by atoms with van der Waals surface area (Å²) in [6, 6.07) is 2.08. The van der Waals surface area contributed by atoms with E-state index in [0.717, 1.165) is 30.4 Å². The molecule has 0 spiro atoms. The number of nitrogens with zero attached hydrogens (tertiary/aromatic N) is 4. The van der Waals surface area contributed by atoms with Crippen molar-refractivity contribution in [2.75, 3.05) is 18.0 Å². The zero-order chi connectivity index (χ0) is 13.2. The summed E-state index contributed by atoms with van der Waals surface area (Å²) in [4.78, 5) is 15.8. The Morgan fingerprint density at radius 2 is 2.21 bits per heavy atom. The maximum Gasteiger partial charge on any atom is 0.132 e. The Balaban J connectivity index is 1.81. The molecule has 0 N–H and O–H groups in total. The van der Waals surface area contributed by atoms with E-state index in [1.165, 1.54) is 17.8 Å². The second kappa shape index (κ2) is 5.25. The third-order valence-electron chi connectivity index (χ3n) is 3.50. The van der Waals surface area contributed by atoms with Gasteiger partial charge in [-0.2, -0.15) is 0 Å². The molecule has 1 unspecified atom stereocenters. The van der Waals surface area contributed by atoms with E-state index < -0.39 is 0 Å². The van der Waals surface area contributed by atoms with Crippen LogP contribution in [0.5, 0.6) is 0 Å². The molecule has 19 heavy (non-hydrogen) atoms. The highest BCUT2D eigenvalue weighted by Crippen LogP contribution is 2.30. The fourth-order valence-electron chi connectivity index (χ4n) is 2.68. The monoisotopic (exact) mass is 274 g/mol. The van der Waals surface area contributed by atoms with Gasteiger partial charge in [-0.25, -0.2) is 15.0 Å². The van der Waals surface area contributed by atoms with Crippen LogP contribution < -0.4 is 4.90 Å². The molecule has 100 valence electrons. The minimum Gasteiger partial charge on any atom is -0.356 e. The van der Waals surface area contributed by atoms with Crippen molar-refractivity contribution in [3.63, 3.8) is 0 Å². The van der Waals surface area contributed by atoms with Crippen molar-refractivity contribution in [2.24, 2.45) is 0 Å². The molecule has 1 aliphatic rings. The number of hydrogen-bond acceptors (Lipinski definition) is 5. The van der Waals surface area contributed by atoms with Gasteiger partial charge in [0, 0.05) is 42.3 Å². The Bertz CT molecular complexity index is 532. The fourth-order valence-corrected chi connectivity index (χ4v) is 3.45. The number of piperidine rings is 1. The molecular weight excluding hydrogens is 256 g/mol. The van der Waals surface area contributed by atoms with E-state index in [-0.39, 0.29) is 0 Å². The van der Waals surface area contributed by atoms with Crippen molar-refractivity contribution < 1.29 is 0 Å². The first-order chi connectivity index (χ1) is 9.22. The van der Waals surface area contributed by atoms with Crippen molar-refractivity contribution in [1.82, 2.24) is 15.0 Å². The molecule has 0 aromatic carbocycles. The van der Waals surface area contributed by atoms with Crippen LogP contribution in [0.3, 0.4) is 0 Å². The topological polar surface area (TPSA) is 41.9 Å². The average molecular weight is 274 g/mol. The lowest BCUT2D eigenvalue weighted by Crippen LogP contribution is -2.35. The van der Waals surface area contributed by atoms with Crippen LogP contribution in [0.1, 0.15) is 35.3 Å². The van der Waals surface area contributed by atoms with Crippen LogP contribution in [-0.2, 0) is 0 Å². The van der Waals surface area contributed by atoms with Gasteiger partial charge in [0.15, 0.2) is 0 Å². The lowest BCUT2D eigenvalue weighted by Gasteiger charge is -2.32. The van der Waals surface area contributed by atoms with Gasteiger partial charge >= 0.3 is 0 Å². The molecule has 1 atom stereocenters. The first-order valence-corrected chi connectivity index (χ1v) is 7.57. The molecule has 1 aliphatic heterocycles. The maximum atomic E-state index is 4.57. The molecule has 4 nitrogen and oxygen atoms in total. The van der Waals surface area contributed by atoms with Crippen molar-refractivity contribution >= 4 is 17.2 Å². The summed E-state index contributed by atoms with van der Waals surface area (Å²) in [6.45, 7) is 6.08. The van der Waals surface area contributed by atoms with Gasteiger partial charge in [0.05, 0.1) is 5.01 Å². The lowest BCUT2D eigenvalue weighted by atomic mass is 9.99. The summed E-state index contributed by atoms with van der Waals surface area (Å²) in [6.07, 6.45) is 4.33. The summed E-state index contributed by atoms with van der Waals surface area (Å²) in [5.74, 6) is 2.46. The first-order valence-electron chi connectivity index (χ1n) is 6.69. The molecule has 0 aliphatic carbocycles. The van der Waals surface area contributed by atoms with Crippen molar-refractivity contribution in [2.45, 2.75) is 32.6 Å². The van der Waals surface area contributed by atoms with Gasteiger partial charge in [-0.15, -0.1) is 11.3 Å². The van der Waals surface area contributed by atoms with Crippen LogP contribution >= 0.6 is 11.3 Å². The molecule has 0 bridgehead atoms. The van der Waals surface area contributed by atoms with Gasteiger partial charge in [0.2, 0.25) is 0 Å². The van der Waals surface area contributed by atoms with E-state index in [1.54, 1.807) is 11.3 Å². The van der Waals surface area contributed by atoms with E-state index in [4.69, 9.17) is 0 Å². The summed E-state index contributed by atoms with van der Waals surface area (Å²) >= 11 is 1.76. The highest BCUT2D eigenvalue weighted by atomic mass is 32.1. The van der Waals surface area contributed by atoms with Crippen LogP contribution in [-0.4, -0.2) is 28.0 Å². The van der Waals surface area contributed by atoms with Gasteiger partial charge in [-0.05, 0) is 26.7 Å². The molecule has 0 amide bonds. The van der Waals surface area contributed by atoms with Gasteiger partial charge in [0.1, 0.15) is 11.6 Å². The van der Waals surface area contributed by atoms with Gasteiger partial charge in [0.25, 0.3) is 0 Å². The van der Waals surface area contributed by atoms with E-state index in [0.29, 0.717) is 5.92 Å². The van der Waals surface area contributed by atoms with Crippen LogP contribution in [0, 0.1) is 13.8 Å². The number of thiazole rings is 1. The third-order valence-corrected chi connectivity index (χ3v) is 4.44. The Labute approximate surface area is 117 Å². The maximum absolute atomic E-state index is 4.57. The standard InChI is InChI=1S/C14H18N4S/c1-10-8-13(17-11(2)16-10)18-6-3-4-12(9-18)14-15-5-7-19-14/h5,7-8,12H,3-4,6,9H2,1-2H3. The molecule has 2 aromatic heterocycles. The zero-order valence-corrected chi connectivity index (χ0v) is 12.2. The molecule has 2 aromatic rings. The van der Waals surface area contributed by atoms with Gasteiger partial charge < -0.3 is 4.90 Å². The number of aryl methyl sites for hydroxylation is 2. The smallest absolute Gasteiger partial charge is 0.132 e. The van der Waals surface area contributed by atoms with E-state index in [1.807, 2.05) is 20.0 Å². The average Bonchev–Trinajstić information content (AvgIpc) is 2.92. The molecule has 0 radical (unpaired) electrons. The van der Waals surface area contributed by atoms with E-state index >= 15 is 0 Å². The van der Waals surface area contributed by atoms with E-state index in [9.17, 15) is 0 Å². The summed E-state index contributed by atoms with van der Waals surface area (Å²) < 4.78 is 0. The number of rotatable bonds is 2. The Hall–Kier alpha value is -1.49. The van der Waals surface area contributed by atoms with Crippen LogP contribution in [0.15, 0.2) is 17.6 Å². The minimum atomic E-state index is 0.546. The molecule has 5 heteroatoms. The number of hydrogen-bond donors (Lipinski definition) is 0. The normalized spacial score (nSPS) is 19.7. The highest BCUT2D eigenvalue weighted by molar-refractivity contribution is 7.09. The third kappa shape index (κ3) is 2.76. The minimum absolute atomic E-state index is 0.546. The fraction of sp³-hybridized carbons (Fsp3) is 0.500. The number of anilines is 1. The quantitative estimate of drug-likeness (QED) is 0.844. The predicted octanol–water partition coefficient (Wildman–Crippen LogP) is 2.93. The highest BCUT2D eigenvalue weighted by Gasteiger charge is 2.24. The number of aromatic nitrogens is 3. The van der Waals surface area contributed by atoms with Gasteiger partial charge in [-0.1, -0.05) is 0 Å². The molecule has 3 heterocycles. The molecular formula is C14H18N4S. The molecule has 1 fully saturated rings. The van der Waals surface area contributed by atoms with Crippen LogP contribution in [0.25, 0.3) is 0 Å². The second-order valence-corrected chi connectivity index (χ2v) is 6.00. The van der Waals surface area contributed by atoms with Crippen molar-refractivity contribution in [3.05, 3.63) is 34.2 Å². The summed E-state index contributed by atoms with van der Waals surface area (Å²) in [7, 11) is 0. The molecule has 3 rings (SSSR count). The summed E-state index contributed by atoms with van der Waals surface area (Å²) in [5, 5.41) is 3.32. The predicted molar refractivity (Wildman–Crippen MR) is 77.8 cm³/mol. The summed E-state index contributed by atoms with van der Waals surface area (Å²) in [5.41, 5.74) is 1.04. The molecule has 1 saturated heterocycles. The van der Waals surface area contributed by atoms with Crippen LogP contribution in [0.4, 0.5) is 5.82 Å². The Morgan fingerprint density at radius 3 is 2.95 bits per heavy atom. The Kier molecular flexibility index (Phi) is 3.46. The Morgan fingerprint density at radius 1 is 1.32 bits per heavy atom. The first kappa shape index (κ1) is 12.5.